The highest BCUT2D eigenvalue weighted by atomic mass is 35.5. The molecule has 1 unspecified atom stereocenters. The molecule has 6 nitrogen and oxygen atoms in total. The van der Waals surface area contributed by atoms with Crippen molar-refractivity contribution in [2.75, 3.05) is 13.1 Å². The van der Waals surface area contributed by atoms with Gasteiger partial charge in [0.25, 0.3) is 5.91 Å². The van der Waals surface area contributed by atoms with E-state index in [-0.39, 0.29) is 12.5 Å². The molecule has 0 radical (unpaired) electrons. The van der Waals surface area contributed by atoms with Crippen molar-refractivity contribution in [3.8, 4) is 0 Å². The Balaban J connectivity index is 2.17. The van der Waals surface area contributed by atoms with Crippen LogP contribution >= 0.6 is 11.6 Å². The lowest BCUT2D eigenvalue weighted by molar-refractivity contribution is -0.141. The van der Waals surface area contributed by atoms with E-state index in [2.05, 4.69) is 5.10 Å². The molecule has 2 heterocycles. The first-order chi connectivity index (χ1) is 8.54. The van der Waals surface area contributed by atoms with Gasteiger partial charge in [0.05, 0.1) is 17.1 Å². The second kappa shape index (κ2) is 4.97. The zero-order valence-electron chi connectivity index (χ0n) is 9.97. The maximum Gasteiger partial charge on any atom is 0.308 e. The number of carbonyl (C=O) groups excluding carboxylic acids is 1. The summed E-state index contributed by atoms with van der Waals surface area (Å²) in [6, 6.07) is 0. The van der Waals surface area contributed by atoms with E-state index >= 15 is 0 Å². The molecule has 7 heteroatoms. The predicted octanol–water partition coefficient (Wildman–Crippen LogP) is 1.10. The van der Waals surface area contributed by atoms with Gasteiger partial charge in [0.1, 0.15) is 5.69 Å². The average molecular weight is 272 g/mol. The van der Waals surface area contributed by atoms with Crippen molar-refractivity contribution in [1.29, 1.82) is 0 Å². The Morgan fingerprint density at radius 2 is 2.33 bits per heavy atom. The van der Waals surface area contributed by atoms with Gasteiger partial charge in [-0.25, -0.2) is 0 Å². The van der Waals surface area contributed by atoms with E-state index in [1.54, 1.807) is 0 Å². The quantitative estimate of drug-likeness (QED) is 0.893. The first-order valence-electron chi connectivity index (χ1n) is 5.78. The number of hydrogen-bond donors (Lipinski definition) is 1. The molecule has 1 aromatic heterocycles. The zero-order valence-corrected chi connectivity index (χ0v) is 10.7. The van der Waals surface area contributed by atoms with Gasteiger partial charge in [-0.05, 0) is 13.3 Å². The van der Waals surface area contributed by atoms with Gasteiger partial charge < -0.3 is 10.0 Å². The normalized spacial score (nSPS) is 19.2. The molecule has 0 saturated carbocycles. The van der Waals surface area contributed by atoms with Crippen molar-refractivity contribution in [3.05, 3.63) is 16.9 Å². The molecule has 1 saturated heterocycles. The van der Waals surface area contributed by atoms with Crippen LogP contribution in [-0.4, -0.2) is 44.8 Å². The van der Waals surface area contributed by atoms with Crippen LogP contribution in [0.15, 0.2) is 6.20 Å². The maximum absolute atomic E-state index is 12.3. The number of nitrogens with zero attached hydrogens (tertiary/aromatic N) is 3. The van der Waals surface area contributed by atoms with Crippen LogP contribution in [0.1, 0.15) is 23.8 Å². The fraction of sp³-hybridized carbons (Fsp3) is 0.545. The van der Waals surface area contributed by atoms with E-state index in [0.29, 0.717) is 30.2 Å². The molecule has 1 aromatic rings. The van der Waals surface area contributed by atoms with Crippen molar-refractivity contribution in [2.45, 2.75) is 19.9 Å². The fourth-order valence-electron chi connectivity index (χ4n) is 2.11. The zero-order chi connectivity index (χ0) is 13.3. The molecule has 18 heavy (non-hydrogen) atoms. The number of halogens is 1. The SMILES string of the molecule is CCn1ncc(Cl)c1C(=O)N1CCC(C(=O)O)C1. The minimum absolute atomic E-state index is 0.236. The number of aliphatic carboxylic acids is 1. The summed E-state index contributed by atoms with van der Waals surface area (Å²) in [6.45, 7) is 3.09. The number of carboxylic acid groups (broad SMARTS) is 1. The van der Waals surface area contributed by atoms with Crippen LogP contribution < -0.4 is 0 Å². The van der Waals surface area contributed by atoms with Crippen LogP contribution in [0.3, 0.4) is 0 Å². The van der Waals surface area contributed by atoms with Gasteiger partial charge >= 0.3 is 5.97 Å². The summed E-state index contributed by atoms with van der Waals surface area (Å²) in [5.41, 5.74) is 0.338. The van der Waals surface area contributed by atoms with Crippen LogP contribution in [0.25, 0.3) is 0 Å². The van der Waals surface area contributed by atoms with E-state index < -0.39 is 11.9 Å². The van der Waals surface area contributed by atoms with Crippen molar-refractivity contribution in [2.24, 2.45) is 5.92 Å². The Bertz CT molecular complexity index is 486. The van der Waals surface area contributed by atoms with Crippen molar-refractivity contribution in [1.82, 2.24) is 14.7 Å². The minimum Gasteiger partial charge on any atom is -0.481 e. The van der Waals surface area contributed by atoms with Gasteiger partial charge in [0.15, 0.2) is 0 Å². The van der Waals surface area contributed by atoms with E-state index in [9.17, 15) is 9.59 Å². The molecule has 1 aliphatic heterocycles. The second-order valence-corrected chi connectivity index (χ2v) is 4.64. The average Bonchev–Trinajstić information content (AvgIpc) is 2.94. The molecule has 1 N–H and O–H groups in total. The van der Waals surface area contributed by atoms with E-state index in [4.69, 9.17) is 16.7 Å². The molecule has 0 aromatic carbocycles. The topological polar surface area (TPSA) is 75.4 Å². The predicted molar refractivity (Wildman–Crippen MR) is 64.6 cm³/mol. The Labute approximate surface area is 109 Å². The highest BCUT2D eigenvalue weighted by Gasteiger charge is 2.33. The van der Waals surface area contributed by atoms with Gasteiger partial charge in [-0.1, -0.05) is 11.6 Å². The summed E-state index contributed by atoms with van der Waals surface area (Å²) < 4.78 is 1.53. The van der Waals surface area contributed by atoms with E-state index in [1.807, 2.05) is 6.92 Å². The highest BCUT2D eigenvalue weighted by Crippen LogP contribution is 2.22. The fourth-order valence-corrected chi connectivity index (χ4v) is 2.33. The molecular formula is C11H14ClN3O3. The summed E-state index contributed by atoms with van der Waals surface area (Å²) >= 11 is 5.95. The molecule has 0 bridgehead atoms. The number of carboxylic acids is 1. The molecular weight excluding hydrogens is 258 g/mol. The summed E-state index contributed by atoms with van der Waals surface area (Å²) in [6.07, 6.45) is 1.92. The molecule has 1 aliphatic rings. The van der Waals surface area contributed by atoms with Crippen LogP contribution in [-0.2, 0) is 11.3 Å². The summed E-state index contributed by atoms with van der Waals surface area (Å²) in [5.74, 6) is -1.59. The molecule has 0 spiro atoms. The number of likely N-dealkylation sites (tertiary alicyclic amines) is 1. The largest absolute Gasteiger partial charge is 0.481 e. The van der Waals surface area contributed by atoms with Crippen molar-refractivity contribution < 1.29 is 14.7 Å². The van der Waals surface area contributed by atoms with Crippen LogP contribution in [0.4, 0.5) is 0 Å². The number of aromatic nitrogens is 2. The van der Waals surface area contributed by atoms with Gasteiger partial charge in [-0.15, -0.1) is 0 Å². The van der Waals surface area contributed by atoms with Gasteiger partial charge in [0, 0.05) is 19.6 Å². The summed E-state index contributed by atoms with van der Waals surface area (Å²) in [4.78, 5) is 24.7. The van der Waals surface area contributed by atoms with E-state index in [1.165, 1.54) is 15.8 Å². The third-order valence-corrected chi connectivity index (χ3v) is 3.40. The summed E-state index contributed by atoms with van der Waals surface area (Å²) in [5, 5.41) is 13.2. The molecule has 1 fully saturated rings. The van der Waals surface area contributed by atoms with Gasteiger partial charge in [-0.3, -0.25) is 14.3 Å². The third-order valence-electron chi connectivity index (χ3n) is 3.12. The first-order valence-corrected chi connectivity index (χ1v) is 6.15. The standard InChI is InChI=1S/C11H14ClN3O3/c1-2-15-9(8(12)5-13-15)10(16)14-4-3-7(6-14)11(17)18/h5,7H,2-4,6H2,1H3,(H,17,18). The number of rotatable bonds is 3. The maximum atomic E-state index is 12.3. The minimum atomic E-state index is -0.861. The Morgan fingerprint density at radius 3 is 2.89 bits per heavy atom. The lowest BCUT2D eigenvalue weighted by atomic mass is 10.1. The van der Waals surface area contributed by atoms with Crippen LogP contribution in [0.2, 0.25) is 5.02 Å². The lowest BCUT2D eigenvalue weighted by Crippen LogP contribution is -2.31. The van der Waals surface area contributed by atoms with Crippen LogP contribution in [0.5, 0.6) is 0 Å². The monoisotopic (exact) mass is 271 g/mol. The Hall–Kier alpha value is -1.56. The first kappa shape index (κ1) is 12.9. The molecule has 98 valence electrons. The number of hydrogen-bond acceptors (Lipinski definition) is 3. The molecule has 1 atom stereocenters. The van der Waals surface area contributed by atoms with Gasteiger partial charge in [0.2, 0.25) is 0 Å². The molecule has 2 rings (SSSR count). The molecule has 1 amide bonds. The van der Waals surface area contributed by atoms with E-state index in [0.717, 1.165) is 0 Å². The second-order valence-electron chi connectivity index (χ2n) is 4.23. The van der Waals surface area contributed by atoms with Crippen LogP contribution in [0, 0.1) is 5.92 Å². The molecule has 0 aliphatic carbocycles. The number of carbonyl (C=O) groups is 2. The number of amides is 1. The smallest absolute Gasteiger partial charge is 0.308 e. The van der Waals surface area contributed by atoms with Gasteiger partial charge in [-0.2, -0.15) is 5.10 Å². The summed E-state index contributed by atoms with van der Waals surface area (Å²) in [7, 11) is 0. The van der Waals surface area contributed by atoms with Crippen molar-refractivity contribution in [3.63, 3.8) is 0 Å². The Kier molecular flexibility index (Phi) is 3.56. The van der Waals surface area contributed by atoms with Crippen molar-refractivity contribution >= 4 is 23.5 Å². The lowest BCUT2D eigenvalue weighted by Gasteiger charge is -2.16. The Morgan fingerprint density at radius 1 is 1.61 bits per heavy atom. The highest BCUT2D eigenvalue weighted by molar-refractivity contribution is 6.33. The third kappa shape index (κ3) is 2.20. The number of aryl methyl sites for hydroxylation is 1.